The van der Waals surface area contributed by atoms with Gasteiger partial charge in [0, 0.05) is 34.6 Å². The van der Waals surface area contributed by atoms with Crippen LogP contribution < -0.4 is 10.1 Å². The second-order valence-electron chi connectivity index (χ2n) is 4.02. The highest BCUT2D eigenvalue weighted by atomic mass is 32.1. The number of aromatic nitrogens is 2. The number of methoxy groups -OCH3 is 1. The fourth-order valence-electron chi connectivity index (χ4n) is 1.96. The van der Waals surface area contributed by atoms with Crippen LogP contribution in [0.3, 0.4) is 0 Å². The normalized spacial score (nSPS) is 10.6. The molecule has 0 bridgehead atoms. The van der Waals surface area contributed by atoms with Gasteiger partial charge in [0.2, 0.25) is 5.88 Å². The van der Waals surface area contributed by atoms with Crippen LogP contribution in [0.1, 0.15) is 5.56 Å². The molecule has 0 aliphatic rings. The molecule has 3 heterocycles. The Hall–Kier alpha value is -2.14. The summed E-state index contributed by atoms with van der Waals surface area (Å²) in [7, 11) is 1.63. The first kappa shape index (κ1) is 11.9. The average molecular weight is 271 g/mol. The van der Waals surface area contributed by atoms with Gasteiger partial charge in [-0.15, -0.1) is 11.3 Å². The molecule has 0 saturated carbocycles. The van der Waals surface area contributed by atoms with Crippen LogP contribution in [0, 0.1) is 0 Å². The van der Waals surface area contributed by atoms with Gasteiger partial charge in [-0.3, -0.25) is 0 Å². The Morgan fingerprint density at radius 1 is 1.21 bits per heavy atom. The van der Waals surface area contributed by atoms with Crippen LogP contribution in [-0.2, 0) is 6.54 Å². The first-order chi connectivity index (χ1) is 9.38. The van der Waals surface area contributed by atoms with Gasteiger partial charge >= 0.3 is 0 Å². The molecule has 0 atom stereocenters. The summed E-state index contributed by atoms with van der Waals surface area (Å²) in [6.07, 6.45) is 3.54. The Balaban J connectivity index is 1.84. The van der Waals surface area contributed by atoms with Crippen molar-refractivity contribution in [3.8, 4) is 5.88 Å². The Kier molecular flexibility index (Phi) is 3.29. The summed E-state index contributed by atoms with van der Waals surface area (Å²) in [6.45, 7) is 0.638. The third kappa shape index (κ3) is 2.37. The lowest BCUT2D eigenvalue weighted by atomic mass is 10.2. The molecule has 19 heavy (non-hydrogen) atoms. The number of fused-ring (bicyclic) bond motifs is 1. The summed E-state index contributed by atoms with van der Waals surface area (Å²) in [5.41, 5.74) is 1.01. The lowest BCUT2D eigenvalue weighted by molar-refractivity contribution is 0.393. The smallest absolute Gasteiger partial charge is 0.218 e. The van der Waals surface area contributed by atoms with E-state index in [1.807, 2.05) is 24.4 Å². The van der Waals surface area contributed by atoms with Gasteiger partial charge in [-0.2, -0.15) is 0 Å². The average Bonchev–Trinajstić information content (AvgIpc) is 2.94. The van der Waals surface area contributed by atoms with E-state index in [9.17, 15) is 0 Å². The van der Waals surface area contributed by atoms with Crippen molar-refractivity contribution >= 4 is 27.2 Å². The molecule has 0 aliphatic heterocycles. The minimum atomic E-state index is 0.638. The van der Waals surface area contributed by atoms with Gasteiger partial charge in [0.25, 0.3) is 0 Å². The van der Waals surface area contributed by atoms with E-state index >= 15 is 0 Å². The van der Waals surface area contributed by atoms with Gasteiger partial charge in [-0.05, 0) is 23.6 Å². The summed E-state index contributed by atoms with van der Waals surface area (Å²) in [6, 6.07) is 8.00. The number of hydrogen-bond acceptors (Lipinski definition) is 5. The fraction of sp³-hybridized carbons (Fsp3) is 0.143. The number of rotatable bonds is 4. The van der Waals surface area contributed by atoms with E-state index in [2.05, 4.69) is 26.7 Å². The summed E-state index contributed by atoms with van der Waals surface area (Å²) in [5.74, 6) is 1.54. The molecule has 0 fully saturated rings. The fourth-order valence-corrected chi connectivity index (χ4v) is 2.74. The molecule has 5 heteroatoms. The van der Waals surface area contributed by atoms with E-state index in [0.29, 0.717) is 12.4 Å². The number of anilines is 1. The van der Waals surface area contributed by atoms with Crippen LogP contribution in [0.2, 0.25) is 0 Å². The van der Waals surface area contributed by atoms with Gasteiger partial charge in [0.15, 0.2) is 0 Å². The predicted octanol–water partition coefficient (Wildman–Crippen LogP) is 3.31. The number of hydrogen-bond donors (Lipinski definition) is 1. The van der Waals surface area contributed by atoms with Gasteiger partial charge in [0.05, 0.1) is 7.11 Å². The maximum Gasteiger partial charge on any atom is 0.218 e. The maximum absolute atomic E-state index is 5.24. The largest absolute Gasteiger partial charge is 0.481 e. The van der Waals surface area contributed by atoms with E-state index in [-0.39, 0.29) is 0 Å². The molecule has 3 aromatic rings. The SMILES string of the molecule is COc1ncccc1CNc1nccc2sccc12. The van der Waals surface area contributed by atoms with Crippen molar-refractivity contribution in [3.63, 3.8) is 0 Å². The van der Waals surface area contributed by atoms with Crippen molar-refractivity contribution in [1.29, 1.82) is 0 Å². The van der Waals surface area contributed by atoms with Gasteiger partial charge in [0.1, 0.15) is 5.82 Å². The third-order valence-corrected chi connectivity index (χ3v) is 3.75. The van der Waals surface area contributed by atoms with Gasteiger partial charge < -0.3 is 10.1 Å². The van der Waals surface area contributed by atoms with Crippen molar-refractivity contribution in [1.82, 2.24) is 9.97 Å². The Morgan fingerprint density at radius 2 is 2.16 bits per heavy atom. The third-order valence-electron chi connectivity index (χ3n) is 2.87. The number of nitrogens with zero attached hydrogens (tertiary/aromatic N) is 2. The molecular weight excluding hydrogens is 258 g/mol. The molecule has 0 unspecified atom stereocenters. The summed E-state index contributed by atoms with van der Waals surface area (Å²) in [4.78, 5) is 8.57. The lowest BCUT2D eigenvalue weighted by Gasteiger charge is -2.09. The van der Waals surface area contributed by atoms with Crippen LogP contribution in [-0.4, -0.2) is 17.1 Å². The van der Waals surface area contributed by atoms with Gasteiger partial charge in [-0.1, -0.05) is 6.07 Å². The molecule has 0 amide bonds. The van der Waals surface area contributed by atoms with Crippen molar-refractivity contribution < 1.29 is 4.74 Å². The van der Waals surface area contributed by atoms with Crippen molar-refractivity contribution in [2.24, 2.45) is 0 Å². The second-order valence-corrected chi connectivity index (χ2v) is 4.97. The number of thiophene rings is 1. The summed E-state index contributed by atoms with van der Waals surface area (Å²) < 4.78 is 6.47. The molecule has 0 aromatic carbocycles. The van der Waals surface area contributed by atoms with Crippen LogP contribution in [0.25, 0.3) is 10.1 Å². The molecule has 3 aromatic heterocycles. The predicted molar refractivity (Wildman–Crippen MR) is 77.7 cm³/mol. The minimum absolute atomic E-state index is 0.638. The van der Waals surface area contributed by atoms with Crippen LogP contribution in [0.5, 0.6) is 5.88 Å². The van der Waals surface area contributed by atoms with E-state index in [4.69, 9.17) is 4.74 Å². The van der Waals surface area contributed by atoms with E-state index in [1.54, 1.807) is 24.6 Å². The first-order valence-corrected chi connectivity index (χ1v) is 6.80. The van der Waals surface area contributed by atoms with Crippen molar-refractivity contribution in [3.05, 3.63) is 47.6 Å². The monoisotopic (exact) mass is 271 g/mol. The van der Waals surface area contributed by atoms with E-state index < -0.39 is 0 Å². The molecule has 3 rings (SSSR count). The summed E-state index contributed by atoms with van der Waals surface area (Å²) in [5, 5.41) is 6.56. The number of nitrogens with one attached hydrogen (secondary N) is 1. The topological polar surface area (TPSA) is 47.0 Å². The highest BCUT2D eigenvalue weighted by Gasteiger charge is 2.06. The highest BCUT2D eigenvalue weighted by molar-refractivity contribution is 7.17. The van der Waals surface area contributed by atoms with E-state index in [1.165, 1.54) is 4.70 Å². The zero-order valence-corrected chi connectivity index (χ0v) is 11.3. The minimum Gasteiger partial charge on any atom is -0.481 e. The van der Waals surface area contributed by atoms with E-state index in [0.717, 1.165) is 16.8 Å². The molecule has 0 aliphatic carbocycles. The second kappa shape index (κ2) is 5.24. The maximum atomic E-state index is 5.24. The zero-order chi connectivity index (χ0) is 13.1. The zero-order valence-electron chi connectivity index (χ0n) is 10.5. The standard InChI is InChI=1S/C14H13N3OS/c1-18-14-10(3-2-6-16-14)9-17-13-11-5-8-19-12(11)4-7-15-13/h2-8H,9H2,1H3,(H,15,17). The number of ether oxygens (including phenoxy) is 1. The Labute approximate surface area is 115 Å². The highest BCUT2D eigenvalue weighted by Crippen LogP contribution is 2.26. The summed E-state index contributed by atoms with van der Waals surface area (Å²) >= 11 is 1.71. The van der Waals surface area contributed by atoms with Crippen molar-refractivity contribution in [2.75, 3.05) is 12.4 Å². The lowest BCUT2D eigenvalue weighted by Crippen LogP contribution is -2.04. The number of pyridine rings is 2. The molecule has 96 valence electrons. The Bertz CT molecular complexity index is 696. The first-order valence-electron chi connectivity index (χ1n) is 5.92. The van der Waals surface area contributed by atoms with Crippen LogP contribution in [0.4, 0.5) is 5.82 Å². The molecular formula is C14H13N3OS. The molecule has 4 nitrogen and oxygen atoms in total. The molecule has 0 spiro atoms. The van der Waals surface area contributed by atoms with Crippen LogP contribution >= 0.6 is 11.3 Å². The molecule has 1 N–H and O–H groups in total. The molecule has 0 saturated heterocycles. The molecule has 0 radical (unpaired) electrons. The van der Waals surface area contributed by atoms with Gasteiger partial charge in [-0.25, -0.2) is 9.97 Å². The Morgan fingerprint density at radius 3 is 3.05 bits per heavy atom. The van der Waals surface area contributed by atoms with Crippen molar-refractivity contribution in [2.45, 2.75) is 6.54 Å². The quantitative estimate of drug-likeness (QED) is 0.790. The van der Waals surface area contributed by atoms with Crippen LogP contribution in [0.15, 0.2) is 42.0 Å².